The Balaban J connectivity index is 1.76. The molecule has 1 amide bonds. The largest absolute Gasteiger partial charge is 0.336 e. The molecule has 0 radical (unpaired) electrons. The molecule has 7 nitrogen and oxygen atoms in total. The summed E-state index contributed by atoms with van der Waals surface area (Å²) in [6.07, 6.45) is 0. The van der Waals surface area contributed by atoms with Crippen LogP contribution in [0.4, 0.5) is 5.69 Å². The highest BCUT2D eigenvalue weighted by molar-refractivity contribution is 7.92. The molecule has 1 N–H and O–H groups in total. The van der Waals surface area contributed by atoms with Crippen LogP contribution in [0.1, 0.15) is 15.9 Å². The Morgan fingerprint density at radius 3 is 2.30 bits per heavy atom. The van der Waals surface area contributed by atoms with Crippen LogP contribution in [-0.2, 0) is 10.0 Å². The standard InChI is InChI=1S/C19H20N4O3S/c1-22-10-12-23(13-11-22)19(24)15-6-8-17(9-7-15)27(25,26)21-18-5-3-2-4-16(18)14-20/h2-9,21H,10-13H2,1H3. The van der Waals surface area contributed by atoms with E-state index >= 15 is 0 Å². The van der Waals surface area contributed by atoms with E-state index in [1.54, 1.807) is 17.0 Å². The molecule has 0 aromatic heterocycles. The van der Waals surface area contributed by atoms with E-state index in [0.29, 0.717) is 18.7 Å². The van der Waals surface area contributed by atoms with Crippen molar-refractivity contribution in [2.45, 2.75) is 4.90 Å². The summed E-state index contributed by atoms with van der Waals surface area (Å²) in [7, 11) is -1.84. The van der Waals surface area contributed by atoms with Crippen LogP contribution < -0.4 is 4.72 Å². The second-order valence-corrected chi connectivity index (χ2v) is 8.07. The maximum absolute atomic E-state index is 12.6. The molecule has 3 rings (SSSR count). The summed E-state index contributed by atoms with van der Waals surface area (Å²) in [6, 6.07) is 14.2. The number of benzene rings is 2. The zero-order valence-electron chi connectivity index (χ0n) is 14.9. The molecule has 0 spiro atoms. The highest BCUT2D eigenvalue weighted by atomic mass is 32.2. The number of anilines is 1. The predicted octanol–water partition coefficient (Wildman–Crippen LogP) is 1.75. The number of carbonyl (C=O) groups is 1. The monoisotopic (exact) mass is 384 g/mol. The van der Waals surface area contributed by atoms with E-state index in [4.69, 9.17) is 5.26 Å². The van der Waals surface area contributed by atoms with Gasteiger partial charge in [0, 0.05) is 31.7 Å². The fraction of sp³-hybridized carbons (Fsp3) is 0.263. The fourth-order valence-electron chi connectivity index (χ4n) is 2.84. The number of likely N-dealkylation sites (N-methyl/N-ethyl adjacent to an activating group) is 1. The summed E-state index contributed by atoms with van der Waals surface area (Å²) in [6.45, 7) is 2.95. The van der Waals surface area contributed by atoms with Crippen molar-refractivity contribution < 1.29 is 13.2 Å². The zero-order valence-corrected chi connectivity index (χ0v) is 15.7. The highest BCUT2D eigenvalue weighted by Gasteiger charge is 2.21. The first kappa shape index (κ1) is 18.9. The normalized spacial score (nSPS) is 15.2. The Morgan fingerprint density at radius 1 is 1.04 bits per heavy atom. The molecule has 0 aliphatic carbocycles. The molecule has 1 aliphatic rings. The third-order valence-electron chi connectivity index (χ3n) is 4.49. The Kier molecular flexibility index (Phi) is 5.44. The van der Waals surface area contributed by atoms with Gasteiger partial charge in [0.1, 0.15) is 6.07 Å². The average molecular weight is 384 g/mol. The van der Waals surface area contributed by atoms with Crippen LogP contribution in [0.5, 0.6) is 0 Å². The second-order valence-electron chi connectivity index (χ2n) is 6.38. The fourth-order valence-corrected chi connectivity index (χ4v) is 3.92. The van der Waals surface area contributed by atoms with E-state index in [-0.39, 0.29) is 22.1 Å². The van der Waals surface area contributed by atoms with Crippen LogP contribution in [0.15, 0.2) is 53.4 Å². The lowest BCUT2D eigenvalue weighted by atomic mass is 10.2. The van der Waals surface area contributed by atoms with Crippen LogP contribution in [0.3, 0.4) is 0 Å². The SMILES string of the molecule is CN1CCN(C(=O)c2ccc(S(=O)(=O)Nc3ccccc3C#N)cc2)CC1. The lowest BCUT2D eigenvalue weighted by Crippen LogP contribution is -2.47. The van der Waals surface area contributed by atoms with Crippen molar-refractivity contribution in [1.29, 1.82) is 5.26 Å². The third kappa shape index (κ3) is 4.27. The number of para-hydroxylation sites is 1. The van der Waals surface area contributed by atoms with Gasteiger partial charge in [-0.2, -0.15) is 5.26 Å². The maximum atomic E-state index is 12.6. The van der Waals surface area contributed by atoms with E-state index in [0.717, 1.165) is 13.1 Å². The number of rotatable bonds is 4. The first-order valence-corrected chi connectivity index (χ1v) is 9.99. The number of sulfonamides is 1. The van der Waals surface area contributed by atoms with Gasteiger partial charge in [-0.25, -0.2) is 8.42 Å². The Morgan fingerprint density at radius 2 is 1.67 bits per heavy atom. The Bertz CT molecular complexity index is 973. The summed E-state index contributed by atoms with van der Waals surface area (Å²) < 4.78 is 27.6. The second kappa shape index (κ2) is 7.78. The minimum atomic E-state index is -3.85. The van der Waals surface area contributed by atoms with E-state index in [1.807, 2.05) is 13.1 Å². The number of nitrogens with zero attached hydrogens (tertiary/aromatic N) is 3. The molecule has 0 bridgehead atoms. The molecule has 0 saturated carbocycles. The first-order chi connectivity index (χ1) is 12.9. The Hall–Kier alpha value is -2.89. The Labute approximate surface area is 158 Å². The summed E-state index contributed by atoms with van der Waals surface area (Å²) in [5.41, 5.74) is 0.913. The highest BCUT2D eigenvalue weighted by Crippen LogP contribution is 2.20. The predicted molar refractivity (Wildman–Crippen MR) is 102 cm³/mol. The molecule has 1 aliphatic heterocycles. The molecule has 1 heterocycles. The van der Waals surface area contributed by atoms with Crippen LogP contribution in [0.25, 0.3) is 0 Å². The van der Waals surface area contributed by atoms with Gasteiger partial charge < -0.3 is 9.80 Å². The lowest BCUT2D eigenvalue weighted by Gasteiger charge is -2.32. The van der Waals surface area contributed by atoms with Crippen molar-refractivity contribution in [3.63, 3.8) is 0 Å². The average Bonchev–Trinajstić information content (AvgIpc) is 2.68. The molecule has 2 aromatic rings. The smallest absolute Gasteiger partial charge is 0.261 e. The van der Waals surface area contributed by atoms with Crippen molar-refractivity contribution >= 4 is 21.6 Å². The zero-order chi connectivity index (χ0) is 19.4. The molecule has 8 heteroatoms. The van der Waals surface area contributed by atoms with Gasteiger partial charge in [0.25, 0.3) is 15.9 Å². The van der Waals surface area contributed by atoms with Crippen LogP contribution in [0.2, 0.25) is 0 Å². The topological polar surface area (TPSA) is 93.5 Å². The molecule has 1 saturated heterocycles. The van der Waals surface area contributed by atoms with E-state index in [1.165, 1.54) is 36.4 Å². The summed E-state index contributed by atoms with van der Waals surface area (Å²) in [5, 5.41) is 9.09. The van der Waals surface area contributed by atoms with Gasteiger partial charge in [-0.15, -0.1) is 0 Å². The number of hydrogen-bond acceptors (Lipinski definition) is 5. The first-order valence-electron chi connectivity index (χ1n) is 8.50. The lowest BCUT2D eigenvalue weighted by molar-refractivity contribution is 0.0664. The minimum absolute atomic E-state index is 0.0326. The number of nitrogens with one attached hydrogen (secondary N) is 1. The molecule has 2 aromatic carbocycles. The number of carbonyl (C=O) groups excluding carboxylic acids is 1. The van der Waals surface area contributed by atoms with Gasteiger partial charge in [0.2, 0.25) is 0 Å². The van der Waals surface area contributed by atoms with E-state index in [2.05, 4.69) is 9.62 Å². The van der Waals surface area contributed by atoms with Crippen LogP contribution in [0, 0.1) is 11.3 Å². The number of amides is 1. The molecular formula is C19H20N4O3S. The number of hydrogen-bond donors (Lipinski definition) is 1. The van der Waals surface area contributed by atoms with E-state index < -0.39 is 10.0 Å². The third-order valence-corrected chi connectivity index (χ3v) is 5.88. The van der Waals surface area contributed by atoms with Gasteiger partial charge in [-0.1, -0.05) is 12.1 Å². The maximum Gasteiger partial charge on any atom is 0.261 e. The quantitative estimate of drug-likeness (QED) is 0.867. The van der Waals surface area contributed by atoms with Gasteiger partial charge in [0.15, 0.2) is 0 Å². The summed E-state index contributed by atoms with van der Waals surface area (Å²) in [5.74, 6) is -0.102. The van der Waals surface area contributed by atoms with Crippen LogP contribution >= 0.6 is 0 Å². The molecule has 1 fully saturated rings. The van der Waals surface area contributed by atoms with Gasteiger partial charge in [-0.05, 0) is 43.4 Å². The van der Waals surface area contributed by atoms with E-state index in [9.17, 15) is 13.2 Å². The van der Waals surface area contributed by atoms with Crippen molar-refractivity contribution in [1.82, 2.24) is 9.80 Å². The molecule has 0 atom stereocenters. The van der Waals surface area contributed by atoms with Crippen molar-refractivity contribution in [2.24, 2.45) is 0 Å². The number of nitriles is 1. The van der Waals surface area contributed by atoms with Crippen LogP contribution in [-0.4, -0.2) is 57.4 Å². The summed E-state index contributed by atoms with van der Waals surface area (Å²) >= 11 is 0. The van der Waals surface area contributed by atoms with Crippen molar-refractivity contribution in [3.8, 4) is 6.07 Å². The molecule has 0 unspecified atom stereocenters. The molecule has 140 valence electrons. The van der Waals surface area contributed by atoms with Gasteiger partial charge in [-0.3, -0.25) is 9.52 Å². The van der Waals surface area contributed by atoms with Gasteiger partial charge in [0.05, 0.1) is 16.1 Å². The summed E-state index contributed by atoms with van der Waals surface area (Å²) in [4.78, 5) is 16.5. The van der Waals surface area contributed by atoms with Crippen molar-refractivity contribution in [3.05, 3.63) is 59.7 Å². The molecular weight excluding hydrogens is 364 g/mol. The number of piperazine rings is 1. The van der Waals surface area contributed by atoms with Gasteiger partial charge >= 0.3 is 0 Å². The molecule has 27 heavy (non-hydrogen) atoms. The minimum Gasteiger partial charge on any atom is -0.336 e. The van der Waals surface area contributed by atoms with Crippen molar-refractivity contribution in [2.75, 3.05) is 37.9 Å².